The summed E-state index contributed by atoms with van der Waals surface area (Å²) in [7, 11) is 1.62. The molecule has 0 amide bonds. The van der Waals surface area contributed by atoms with Crippen LogP contribution in [0.15, 0.2) is 36.4 Å². The van der Waals surface area contributed by atoms with E-state index < -0.39 is 0 Å². The van der Waals surface area contributed by atoms with Crippen molar-refractivity contribution in [2.75, 3.05) is 7.11 Å². The Bertz CT molecular complexity index is 491. The van der Waals surface area contributed by atoms with Crippen molar-refractivity contribution in [2.24, 2.45) is 0 Å². The third-order valence-electron chi connectivity index (χ3n) is 2.32. The number of rotatable bonds is 2. The maximum atomic E-state index is 10.9. The zero-order chi connectivity index (χ0) is 11.5. The lowest BCUT2D eigenvalue weighted by atomic mass is 10.2. The van der Waals surface area contributed by atoms with Crippen LogP contribution in [0.2, 0.25) is 0 Å². The molecule has 0 saturated carbocycles. The molecule has 0 N–H and O–H groups in total. The predicted octanol–water partition coefficient (Wildman–Crippen LogP) is 2.73. The first kappa shape index (κ1) is 10.5. The van der Waals surface area contributed by atoms with Gasteiger partial charge in [0.1, 0.15) is 11.5 Å². The molecule has 2 aliphatic rings. The highest BCUT2D eigenvalue weighted by molar-refractivity contribution is 5.79. The second-order valence-electron chi connectivity index (χ2n) is 3.43. The fraction of sp³-hybridized carbons (Fsp3) is 0.154. The largest absolute Gasteiger partial charge is 0.497 e. The van der Waals surface area contributed by atoms with Gasteiger partial charge in [0, 0.05) is 12.5 Å². The van der Waals surface area contributed by atoms with E-state index in [2.05, 4.69) is 0 Å². The van der Waals surface area contributed by atoms with Crippen molar-refractivity contribution >= 4 is 5.97 Å². The average Bonchev–Trinajstić information content (AvgIpc) is 2.50. The Kier molecular flexibility index (Phi) is 2.77. The van der Waals surface area contributed by atoms with Gasteiger partial charge in [0.15, 0.2) is 0 Å². The molecule has 2 rings (SSSR count). The van der Waals surface area contributed by atoms with Gasteiger partial charge in [0.25, 0.3) is 0 Å². The summed E-state index contributed by atoms with van der Waals surface area (Å²) in [6.07, 6.45) is 0. The predicted molar refractivity (Wildman–Crippen MR) is 60.9 cm³/mol. The molecule has 0 unspecified atom stereocenters. The summed E-state index contributed by atoms with van der Waals surface area (Å²) in [5.74, 6) is 1.04. The standard InChI is InChI=1S/C13H12O3/c1-9(14)16-13-8-4-10-3-5-11(15-2)6-7-12(10)13/h3-8H,1-2H3. The third-order valence-corrected chi connectivity index (χ3v) is 2.32. The van der Waals surface area contributed by atoms with Crippen LogP contribution in [0.3, 0.4) is 0 Å². The fourth-order valence-corrected chi connectivity index (χ4v) is 1.58. The van der Waals surface area contributed by atoms with Crippen LogP contribution in [0.25, 0.3) is 11.1 Å². The Morgan fingerprint density at radius 3 is 2.44 bits per heavy atom. The van der Waals surface area contributed by atoms with Crippen LogP contribution in [-0.2, 0) is 4.79 Å². The summed E-state index contributed by atoms with van der Waals surface area (Å²) in [6, 6.07) is 11.2. The quantitative estimate of drug-likeness (QED) is 0.724. The molecule has 0 saturated heterocycles. The van der Waals surface area contributed by atoms with E-state index in [1.165, 1.54) is 6.92 Å². The molecule has 0 fully saturated rings. The Labute approximate surface area is 94.0 Å². The molecule has 3 heteroatoms. The van der Waals surface area contributed by atoms with E-state index in [1.807, 2.05) is 30.3 Å². The molecule has 0 aromatic rings. The summed E-state index contributed by atoms with van der Waals surface area (Å²) < 4.78 is 10.2. The lowest BCUT2D eigenvalue weighted by Gasteiger charge is -2.00. The lowest BCUT2D eigenvalue weighted by molar-refractivity contribution is -0.131. The van der Waals surface area contributed by atoms with Gasteiger partial charge in [-0.2, -0.15) is 0 Å². The van der Waals surface area contributed by atoms with Crippen molar-refractivity contribution in [2.45, 2.75) is 6.92 Å². The van der Waals surface area contributed by atoms with Gasteiger partial charge in [-0.05, 0) is 29.8 Å². The number of hydrogen-bond acceptors (Lipinski definition) is 3. The summed E-state index contributed by atoms with van der Waals surface area (Å²) in [5.41, 5.74) is 1.91. The zero-order valence-electron chi connectivity index (χ0n) is 9.19. The van der Waals surface area contributed by atoms with Crippen molar-refractivity contribution in [1.29, 1.82) is 0 Å². The van der Waals surface area contributed by atoms with E-state index in [0.29, 0.717) is 5.75 Å². The van der Waals surface area contributed by atoms with Gasteiger partial charge < -0.3 is 9.47 Å². The number of fused-ring (bicyclic) bond motifs is 1. The van der Waals surface area contributed by atoms with Crippen LogP contribution in [0.5, 0.6) is 11.5 Å². The molecule has 82 valence electrons. The van der Waals surface area contributed by atoms with Crippen LogP contribution in [0, 0.1) is 0 Å². The molecule has 0 aromatic heterocycles. The molecule has 2 aliphatic carbocycles. The van der Waals surface area contributed by atoms with Gasteiger partial charge in [0.2, 0.25) is 0 Å². The van der Waals surface area contributed by atoms with Crippen LogP contribution in [0.1, 0.15) is 6.92 Å². The molecule has 0 aliphatic heterocycles. The molecule has 0 aromatic carbocycles. The molecular weight excluding hydrogens is 204 g/mol. The van der Waals surface area contributed by atoms with Crippen LogP contribution in [-0.4, -0.2) is 13.1 Å². The number of methoxy groups -OCH3 is 1. The maximum Gasteiger partial charge on any atom is 0.308 e. The highest BCUT2D eigenvalue weighted by Gasteiger charge is 2.10. The van der Waals surface area contributed by atoms with Crippen molar-refractivity contribution in [3.05, 3.63) is 36.4 Å². The smallest absolute Gasteiger partial charge is 0.308 e. The van der Waals surface area contributed by atoms with Crippen molar-refractivity contribution in [1.82, 2.24) is 0 Å². The van der Waals surface area contributed by atoms with Crippen molar-refractivity contribution < 1.29 is 14.3 Å². The second kappa shape index (κ2) is 4.23. The monoisotopic (exact) mass is 216 g/mol. The summed E-state index contributed by atoms with van der Waals surface area (Å²) in [4.78, 5) is 10.9. The second-order valence-corrected chi connectivity index (χ2v) is 3.43. The third kappa shape index (κ3) is 1.98. The Morgan fingerprint density at radius 1 is 1.06 bits per heavy atom. The lowest BCUT2D eigenvalue weighted by Crippen LogP contribution is -2.00. The highest BCUT2D eigenvalue weighted by atomic mass is 16.5. The molecule has 0 heterocycles. The van der Waals surface area contributed by atoms with Crippen LogP contribution < -0.4 is 9.47 Å². The van der Waals surface area contributed by atoms with Gasteiger partial charge in [-0.15, -0.1) is 0 Å². The Balaban J connectivity index is 2.46. The molecule has 0 atom stereocenters. The SMILES string of the molecule is COc1ccc2ccc(OC(C)=O)c-2cc1. The van der Waals surface area contributed by atoms with Crippen molar-refractivity contribution in [3.8, 4) is 22.6 Å². The van der Waals surface area contributed by atoms with E-state index in [1.54, 1.807) is 13.2 Å². The number of carbonyl (C=O) groups is 1. The van der Waals surface area contributed by atoms with E-state index in [0.717, 1.165) is 16.9 Å². The van der Waals surface area contributed by atoms with E-state index in [9.17, 15) is 4.79 Å². The Hall–Kier alpha value is -2.03. The fourth-order valence-electron chi connectivity index (χ4n) is 1.58. The van der Waals surface area contributed by atoms with Gasteiger partial charge in [0.05, 0.1) is 7.11 Å². The van der Waals surface area contributed by atoms with E-state index in [4.69, 9.17) is 9.47 Å². The summed E-state index contributed by atoms with van der Waals surface area (Å²) in [6.45, 7) is 1.39. The number of carbonyl (C=O) groups excluding carboxylic acids is 1. The number of esters is 1. The molecule has 16 heavy (non-hydrogen) atoms. The van der Waals surface area contributed by atoms with Crippen LogP contribution in [0.4, 0.5) is 0 Å². The topological polar surface area (TPSA) is 35.5 Å². The number of ether oxygens (including phenoxy) is 2. The van der Waals surface area contributed by atoms with E-state index in [-0.39, 0.29) is 5.97 Å². The first-order valence-corrected chi connectivity index (χ1v) is 4.96. The average molecular weight is 216 g/mol. The first-order chi connectivity index (χ1) is 7.70. The summed E-state index contributed by atoms with van der Waals surface area (Å²) in [5, 5.41) is 0. The molecule has 3 nitrogen and oxygen atoms in total. The molecule has 0 spiro atoms. The summed E-state index contributed by atoms with van der Waals surface area (Å²) >= 11 is 0. The molecule has 0 bridgehead atoms. The van der Waals surface area contributed by atoms with Crippen molar-refractivity contribution in [3.63, 3.8) is 0 Å². The Morgan fingerprint density at radius 2 is 1.75 bits per heavy atom. The normalized spacial score (nSPS) is 10.1. The van der Waals surface area contributed by atoms with Gasteiger partial charge in [-0.3, -0.25) is 4.79 Å². The zero-order valence-corrected chi connectivity index (χ0v) is 9.19. The minimum absolute atomic E-state index is 0.314. The number of hydrogen-bond donors (Lipinski definition) is 0. The van der Waals surface area contributed by atoms with Gasteiger partial charge >= 0.3 is 5.97 Å². The minimum Gasteiger partial charge on any atom is -0.497 e. The van der Waals surface area contributed by atoms with Crippen LogP contribution >= 0.6 is 0 Å². The minimum atomic E-state index is -0.314. The highest BCUT2D eigenvalue weighted by Crippen LogP contribution is 2.34. The maximum absolute atomic E-state index is 10.9. The van der Waals surface area contributed by atoms with Gasteiger partial charge in [-0.25, -0.2) is 0 Å². The van der Waals surface area contributed by atoms with E-state index >= 15 is 0 Å². The molecular formula is C13H12O3. The van der Waals surface area contributed by atoms with Gasteiger partial charge in [-0.1, -0.05) is 12.1 Å². The first-order valence-electron chi connectivity index (χ1n) is 4.96. The molecule has 0 radical (unpaired) electrons.